The highest BCUT2D eigenvalue weighted by molar-refractivity contribution is 14.1. The summed E-state index contributed by atoms with van der Waals surface area (Å²) in [6, 6.07) is -0.222. The molecule has 1 atom stereocenters. The van der Waals surface area contributed by atoms with E-state index in [0.717, 1.165) is 9.39 Å². The largest absolute Gasteiger partial charge is 0.377 e. The fourth-order valence-electron chi connectivity index (χ4n) is 1.97. The molecule has 1 saturated heterocycles. The van der Waals surface area contributed by atoms with Gasteiger partial charge in [-0.25, -0.2) is 9.97 Å². The average Bonchev–Trinajstić information content (AvgIpc) is 2.38. The van der Waals surface area contributed by atoms with E-state index in [4.69, 9.17) is 4.74 Å². The van der Waals surface area contributed by atoms with Gasteiger partial charge in [0.25, 0.3) is 0 Å². The van der Waals surface area contributed by atoms with Crippen molar-refractivity contribution >= 4 is 34.3 Å². The highest BCUT2D eigenvalue weighted by Gasteiger charge is 2.31. The van der Waals surface area contributed by atoms with Crippen LogP contribution in [-0.2, 0) is 9.53 Å². The molecular formula is C12H17IN4O2. The number of ether oxygens (including phenoxy) is 1. The number of amides is 1. The Hall–Kier alpha value is -0.960. The van der Waals surface area contributed by atoms with E-state index >= 15 is 0 Å². The molecule has 104 valence electrons. The van der Waals surface area contributed by atoms with Crippen LogP contribution in [0, 0.1) is 3.57 Å². The predicted molar refractivity (Wildman–Crippen MR) is 80.0 cm³/mol. The Bertz CT molecular complexity index is 455. The molecular weight excluding hydrogens is 359 g/mol. The average molecular weight is 376 g/mol. The monoisotopic (exact) mass is 376 g/mol. The van der Waals surface area contributed by atoms with Gasteiger partial charge in [-0.3, -0.25) is 4.79 Å². The van der Waals surface area contributed by atoms with Gasteiger partial charge in [0.1, 0.15) is 18.2 Å². The van der Waals surface area contributed by atoms with Crippen LogP contribution in [0.4, 0.5) is 5.82 Å². The van der Waals surface area contributed by atoms with Crippen LogP contribution in [0.5, 0.6) is 0 Å². The molecule has 1 N–H and O–H groups in total. The lowest BCUT2D eigenvalue weighted by Crippen LogP contribution is -2.55. The molecule has 0 aromatic carbocycles. The Morgan fingerprint density at radius 3 is 3.11 bits per heavy atom. The van der Waals surface area contributed by atoms with E-state index in [9.17, 15) is 4.79 Å². The zero-order valence-electron chi connectivity index (χ0n) is 11.0. The predicted octanol–water partition coefficient (Wildman–Crippen LogP) is 0.811. The third-order valence-corrected chi connectivity index (χ3v) is 3.54. The zero-order valence-corrected chi connectivity index (χ0v) is 13.1. The van der Waals surface area contributed by atoms with E-state index in [0.29, 0.717) is 19.8 Å². The van der Waals surface area contributed by atoms with Crippen molar-refractivity contribution in [3.63, 3.8) is 0 Å². The van der Waals surface area contributed by atoms with Gasteiger partial charge in [0.2, 0.25) is 5.91 Å². The van der Waals surface area contributed by atoms with Gasteiger partial charge < -0.3 is 15.0 Å². The van der Waals surface area contributed by atoms with Crippen molar-refractivity contribution in [3.8, 4) is 0 Å². The molecule has 1 amide bonds. The molecule has 1 unspecified atom stereocenters. The Kier molecular flexibility index (Phi) is 4.92. The van der Waals surface area contributed by atoms with Crippen molar-refractivity contribution in [1.82, 2.24) is 15.3 Å². The highest BCUT2D eigenvalue weighted by atomic mass is 127. The lowest BCUT2D eigenvalue weighted by Gasteiger charge is -2.36. The standard InChI is InChI=1S/C12H17IN4O2/c1-8(2)16-12(18)10-6-19-4-3-17(10)11-9(13)5-14-7-15-11/h5,7-8,10H,3-4,6H2,1-2H3,(H,16,18). The molecule has 0 bridgehead atoms. The van der Waals surface area contributed by atoms with Gasteiger partial charge in [0.15, 0.2) is 0 Å². The van der Waals surface area contributed by atoms with Crippen LogP contribution in [0.25, 0.3) is 0 Å². The van der Waals surface area contributed by atoms with Gasteiger partial charge in [-0.05, 0) is 36.4 Å². The second kappa shape index (κ2) is 6.47. The summed E-state index contributed by atoms with van der Waals surface area (Å²) in [5.41, 5.74) is 0. The number of hydrogen-bond acceptors (Lipinski definition) is 5. The summed E-state index contributed by atoms with van der Waals surface area (Å²) < 4.78 is 6.36. The third-order valence-electron chi connectivity index (χ3n) is 2.78. The fraction of sp³-hybridized carbons (Fsp3) is 0.583. The van der Waals surface area contributed by atoms with Crippen LogP contribution in [0.1, 0.15) is 13.8 Å². The van der Waals surface area contributed by atoms with Gasteiger partial charge in [0, 0.05) is 18.8 Å². The summed E-state index contributed by atoms with van der Waals surface area (Å²) in [6.45, 7) is 5.54. The van der Waals surface area contributed by atoms with E-state index < -0.39 is 0 Å². The van der Waals surface area contributed by atoms with Gasteiger partial charge in [-0.15, -0.1) is 0 Å². The SMILES string of the molecule is CC(C)NC(=O)C1COCCN1c1ncncc1I. The lowest BCUT2D eigenvalue weighted by atomic mass is 10.2. The minimum Gasteiger partial charge on any atom is -0.377 e. The first kappa shape index (κ1) is 14.4. The molecule has 1 aromatic heterocycles. The van der Waals surface area contributed by atoms with Crippen molar-refractivity contribution < 1.29 is 9.53 Å². The fourth-order valence-corrected chi connectivity index (χ4v) is 2.58. The number of morpholine rings is 1. The molecule has 7 heteroatoms. The minimum absolute atomic E-state index is 0.0240. The molecule has 1 aliphatic rings. The van der Waals surface area contributed by atoms with E-state index in [1.54, 1.807) is 6.20 Å². The van der Waals surface area contributed by atoms with Crippen LogP contribution in [0.15, 0.2) is 12.5 Å². The second-order valence-electron chi connectivity index (χ2n) is 4.64. The van der Waals surface area contributed by atoms with Crippen molar-refractivity contribution in [1.29, 1.82) is 0 Å². The number of rotatable bonds is 3. The summed E-state index contributed by atoms with van der Waals surface area (Å²) in [7, 11) is 0. The summed E-state index contributed by atoms with van der Waals surface area (Å²) in [5.74, 6) is 0.770. The number of nitrogens with one attached hydrogen (secondary N) is 1. The zero-order chi connectivity index (χ0) is 13.8. The lowest BCUT2D eigenvalue weighted by molar-refractivity contribution is -0.125. The van der Waals surface area contributed by atoms with Crippen molar-refractivity contribution in [2.24, 2.45) is 0 Å². The number of carbonyl (C=O) groups is 1. The molecule has 19 heavy (non-hydrogen) atoms. The summed E-state index contributed by atoms with van der Waals surface area (Å²) >= 11 is 2.18. The quantitative estimate of drug-likeness (QED) is 0.791. The molecule has 2 heterocycles. The second-order valence-corrected chi connectivity index (χ2v) is 5.80. The van der Waals surface area contributed by atoms with E-state index in [-0.39, 0.29) is 18.0 Å². The van der Waals surface area contributed by atoms with Gasteiger partial charge in [-0.1, -0.05) is 0 Å². The van der Waals surface area contributed by atoms with Crippen LogP contribution < -0.4 is 10.2 Å². The molecule has 0 aliphatic carbocycles. The number of anilines is 1. The molecule has 0 radical (unpaired) electrons. The normalized spacial score (nSPS) is 19.6. The summed E-state index contributed by atoms with van der Waals surface area (Å²) in [4.78, 5) is 22.5. The van der Waals surface area contributed by atoms with Crippen molar-refractivity contribution in [2.75, 3.05) is 24.7 Å². The van der Waals surface area contributed by atoms with Crippen LogP contribution in [-0.4, -0.2) is 47.7 Å². The maximum Gasteiger partial charge on any atom is 0.245 e. The molecule has 2 rings (SSSR count). The molecule has 1 aromatic rings. The van der Waals surface area contributed by atoms with Gasteiger partial charge in [-0.2, -0.15) is 0 Å². The Morgan fingerprint density at radius 1 is 1.63 bits per heavy atom. The van der Waals surface area contributed by atoms with E-state index in [1.165, 1.54) is 6.33 Å². The number of carbonyl (C=O) groups excluding carboxylic acids is 1. The van der Waals surface area contributed by atoms with Crippen molar-refractivity contribution in [3.05, 3.63) is 16.1 Å². The number of nitrogens with zero attached hydrogens (tertiary/aromatic N) is 3. The number of aromatic nitrogens is 2. The summed E-state index contributed by atoms with van der Waals surface area (Å²) in [5, 5.41) is 2.93. The van der Waals surface area contributed by atoms with Crippen LogP contribution in [0.2, 0.25) is 0 Å². The highest BCUT2D eigenvalue weighted by Crippen LogP contribution is 2.22. The van der Waals surface area contributed by atoms with Crippen LogP contribution >= 0.6 is 22.6 Å². The first-order valence-corrected chi connectivity index (χ1v) is 7.27. The first-order valence-electron chi connectivity index (χ1n) is 6.20. The molecule has 6 nitrogen and oxygen atoms in total. The maximum atomic E-state index is 12.2. The molecule has 0 saturated carbocycles. The first-order chi connectivity index (χ1) is 9.09. The molecule has 1 fully saturated rings. The van der Waals surface area contributed by atoms with E-state index in [1.807, 2.05) is 18.7 Å². The molecule has 0 spiro atoms. The molecule has 1 aliphatic heterocycles. The van der Waals surface area contributed by atoms with E-state index in [2.05, 4.69) is 37.9 Å². The Balaban J connectivity index is 2.21. The Labute approximate surface area is 126 Å². The minimum atomic E-state index is -0.334. The van der Waals surface area contributed by atoms with Crippen LogP contribution in [0.3, 0.4) is 0 Å². The maximum absolute atomic E-state index is 12.2. The third kappa shape index (κ3) is 3.53. The van der Waals surface area contributed by atoms with Crippen molar-refractivity contribution in [2.45, 2.75) is 25.9 Å². The topological polar surface area (TPSA) is 67.3 Å². The summed E-state index contributed by atoms with van der Waals surface area (Å²) in [6.07, 6.45) is 3.25. The number of halogens is 1. The van der Waals surface area contributed by atoms with Gasteiger partial charge >= 0.3 is 0 Å². The van der Waals surface area contributed by atoms with Gasteiger partial charge in [0.05, 0.1) is 16.8 Å². The number of hydrogen-bond donors (Lipinski definition) is 1. The smallest absolute Gasteiger partial charge is 0.245 e. The Morgan fingerprint density at radius 2 is 2.42 bits per heavy atom.